The van der Waals surface area contributed by atoms with Gasteiger partial charge in [-0.3, -0.25) is 4.79 Å². The van der Waals surface area contributed by atoms with Crippen molar-refractivity contribution in [1.29, 1.82) is 0 Å². The Balaban J connectivity index is 2.81. The van der Waals surface area contributed by atoms with Gasteiger partial charge >= 0.3 is 11.9 Å². The van der Waals surface area contributed by atoms with Crippen LogP contribution in [0.15, 0.2) is 18.7 Å². The van der Waals surface area contributed by atoms with E-state index in [2.05, 4.69) is 4.98 Å². The molecule has 6 nitrogen and oxygen atoms in total. The number of rotatable bonds is 4. The molecule has 1 heterocycles. The largest absolute Gasteiger partial charge is 0.481 e. The first kappa shape index (κ1) is 9.24. The number of hydrogen-bond acceptors (Lipinski definition) is 3. The quantitative estimate of drug-likeness (QED) is 0.686. The van der Waals surface area contributed by atoms with Gasteiger partial charge in [0.15, 0.2) is 0 Å². The van der Waals surface area contributed by atoms with Gasteiger partial charge in [-0.05, 0) is 0 Å². The van der Waals surface area contributed by atoms with Gasteiger partial charge in [0.2, 0.25) is 0 Å². The second kappa shape index (κ2) is 3.70. The molecular formula is C7H8N2O4. The van der Waals surface area contributed by atoms with Gasteiger partial charge in [-0.15, -0.1) is 0 Å². The maximum atomic E-state index is 10.6. The minimum absolute atomic E-state index is 0.453. The minimum Gasteiger partial charge on any atom is -0.481 e. The fourth-order valence-corrected chi connectivity index (χ4v) is 0.939. The Hall–Kier alpha value is -1.85. The van der Waals surface area contributed by atoms with Crippen LogP contribution >= 0.6 is 0 Å². The summed E-state index contributed by atoms with van der Waals surface area (Å²) in [5.41, 5.74) is 0. The van der Waals surface area contributed by atoms with Crippen LogP contribution in [0.1, 0.15) is 12.5 Å². The van der Waals surface area contributed by atoms with Crippen molar-refractivity contribution in [1.82, 2.24) is 9.55 Å². The molecule has 6 heteroatoms. The molecule has 1 aromatic heterocycles. The number of nitrogens with zero attached hydrogens (tertiary/aromatic N) is 2. The molecule has 1 atom stereocenters. The van der Waals surface area contributed by atoms with Crippen molar-refractivity contribution in [3.8, 4) is 0 Å². The first-order chi connectivity index (χ1) is 6.11. The second-order valence-electron chi connectivity index (χ2n) is 2.46. The molecule has 0 saturated carbocycles. The van der Waals surface area contributed by atoms with Crippen LogP contribution in [-0.4, -0.2) is 31.7 Å². The van der Waals surface area contributed by atoms with Crippen molar-refractivity contribution >= 4 is 11.9 Å². The van der Waals surface area contributed by atoms with Crippen molar-refractivity contribution in [2.24, 2.45) is 0 Å². The van der Waals surface area contributed by atoms with Crippen LogP contribution in [0.4, 0.5) is 0 Å². The highest BCUT2D eigenvalue weighted by atomic mass is 16.4. The number of imidazole rings is 1. The highest BCUT2D eigenvalue weighted by Gasteiger charge is 2.21. The Morgan fingerprint density at radius 1 is 1.46 bits per heavy atom. The highest BCUT2D eigenvalue weighted by molar-refractivity contribution is 5.79. The van der Waals surface area contributed by atoms with E-state index in [9.17, 15) is 9.59 Å². The van der Waals surface area contributed by atoms with Gasteiger partial charge in [0.1, 0.15) is 6.04 Å². The smallest absolute Gasteiger partial charge is 0.327 e. The standard InChI is InChI=1S/C7H8N2O4/c10-6(11)3-5(7(12)13)9-2-1-8-4-9/h1-2,4-5H,3H2,(H,10,11)(H,12,13)/t5-/m0/s1. The van der Waals surface area contributed by atoms with Gasteiger partial charge < -0.3 is 14.8 Å². The van der Waals surface area contributed by atoms with E-state index < -0.39 is 24.4 Å². The van der Waals surface area contributed by atoms with Crippen LogP contribution in [0.25, 0.3) is 0 Å². The summed E-state index contributed by atoms with van der Waals surface area (Å²) in [7, 11) is 0. The molecule has 0 bridgehead atoms. The maximum absolute atomic E-state index is 10.6. The summed E-state index contributed by atoms with van der Waals surface area (Å²) in [6, 6.07) is -1.08. The summed E-state index contributed by atoms with van der Waals surface area (Å²) in [5, 5.41) is 17.1. The van der Waals surface area contributed by atoms with Crippen molar-refractivity contribution < 1.29 is 19.8 Å². The zero-order valence-corrected chi connectivity index (χ0v) is 6.62. The van der Waals surface area contributed by atoms with Gasteiger partial charge in [-0.2, -0.15) is 0 Å². The predicted octanol–water partition coefficient (Wildman–Crippen LogP) is -0.0165. The van der Waals surface area contributed by atoms with Crippen molar-refractivity contribution in [2.75, 3.05) is 0 Å². The minimum atomic E-state index is -1.18. The molecule has 70 valence electrons. The Morgan fingerprint density at radius 2 is 2.15 bits per heavy atom. The Bertz CT molecular complexity index is 306. The predicted molar refractivity (Wildman–Crippen MR) is 41.2 cm³/mol. The molecule has 0 unspecified atom stereocenters. The zero-order valence-electron chi connectivity index (χ0n) is 6.62. The van der Waals surface area contributed by atoms with Crippen LogP contribution in [0, 0.1) is 0 Å². The fraction of sp³-hybridized carbons (Fsp3) is 0.286. The number of hydrogen-bond donors (Lipinski definition) is 2. The number of carboxylic acids is 2. The van der Waals surface area contributed by atoms with E-state index in [-0.39, 0.29) is 0 Å². The first-order valence-electron chi connectivity index (χ1n) is 3.53. The van der Waals surface area contributed by atoms with E-state index in [4.69, 9.17) is 10.2 Å². The van der Waals surface area contributed by atoms with Crippen molar-refractivity contribution in [2.45, 2.75) is 12.5 Å². The lowest BCUT2D eigenvalue weighted by Gasteiger charge is -2.10. The summed E-state index contributed by atoms with van der Waals surface area (Å²) >= 11 is 0. The average molecular weight is 184 g/mol. The van der Waals surface area contributed by atoms with Gasteiger partial charge in [0.25, 0.3) is 0 Å². The molecule has 0 aliphatic rings. The van der Waals surface area contributed by atoms with Crippen LogP contribution in [0.5, 0.6) is 0 Å². The molecule has 0 aromatic carbocycles. The lowest BCUT2D eigenvalue weighted by Crippen LogP contribution is -2.21. The molecule has 0 fully saturated rings. The normalized spacial score (nSPS) is 12.3. The van der Waals surface area contributed by atoms with E-state index in [1.807, 2.05) is 0 Å². The third-order valence-corrected chi connectivity index (χ3v) is 1.54. The molecule has 0 saturated heterocycles. The molecule has 1 aromatic rings. The monoisotopic (exact) mass is 184 g/mol. The molecule has 0 aliphatic carbocycles. The third-order valence-electron chi connectivity index (χ3n) is 1.54. The van der Waals surface area contributed by atoms with Crippen LogP contribution in [0.2, 0.25) is 0 Å². The molecule has 0 spiro atoms. The highest BCUT2D eigenvalue weighted by Crippen LogP contribution is 2.10. The molecule has 0 aliphatic heterocycles. The molecule has 2 N–H and O–H groups in total. The molecule has 13 heavy (non-hydrogen) atoms. The van der Waals surface area contributed by atoms with E-state index in [0.29, 0.717) is 0 Å². The van der Waals surface area contributed by atoms with Crippen LogP contribution < -0.4 is 0 Å². The molecule has 1 rings (SSSR count). The molecule has 0 radical (unpaired) electrons. The van der Waals surface area contributed by atoms with Crippen LogP contribution in [0.3, 0.4) is 0 Å². The average Bonchev–Trinajstić information content (AvgIpc) is 2.50. The zero-order chi connectivity index (χ0) is 9.84. The maximum Gasteiger partial charge on any atom is 0.327 e. The summed E-state index contributed by atoms with van der Waals surface area (Å²) < 4.78 is 1.25. The number of aromatic nitrogens is 2. The second-order valence-corrected chi connectivity index (χ2v) is 2.46. The Morgan fingerprint density at radius 3 is 2.54 bits per heavy atom. The van der Waals surface area contributed by atoms with Crippen molar-refractivity contribution in [3.63, 3.8) is 0 Å². The first-order valence-corrected chi connectivity index (χ1v) is 3.53. The van der Waals surface area contributed by atoms with E-state index in [1.54, 1.807) is 0 Å². The summed E-state index contributed by atoms with van der Waals surface area (Å²) in [6.45, 7) is 0. The van der Waals surface area contributed by atoms with E-state index >= 15 is 0 Å². The topological polar surface area (TPSA) is 92.4 Å². The van der Waals surface area contributed by atoms with E-state index in [1.165, 1.54) is 23.3 Å². The van der Waals surface area contributed by atoms with E-state index in [0.717, 1.165) is 0 Å². The Kier molecular flexibility index (Phi) is 2.63. The summed E-state index contributed by atoms with van der Waals surface area (Å²) in [6.07, 6.45) is 3.65. The SMILES string of the molecule is O=C(O)C[C@@H](C(=O)O)n1ccnc1. The Labute approximate surface area is 73.4 Å². The molecular weight excluding hydrogens is 176 g/mol. The summed E-state index contributed by atoms with van der Waals surface area (Å²) in [5.74, 6) is -2.33. The van der Waals surface area contributed by atoms with Gasteiger partial charge in [0.05, 0.1) is 12.7 Å². The van der Waals surface area contributed by atoms with Crippen molar-refractivity contribution in [3.05, 3.63) is 18.7 Å². The summed E-state index contributed by atoms with van der Waals surface area (Å²) in [4.78, 5) is 24.6. The molecule has 0 amide bonds. The fourth-order valence-electron chi connectivity index (χ4n) is 0.939. The lowest BCUT2D eigenvalue weighted by atomic mass is 10.2. The van der Waals surface area contributed by atoms with Gasteiger partial charge in [-0.1, -0.05) is 0 Å². The number of carboxylic acid groups (broad SMARTS) is 2. The lowest BCUT2D eigenvalue weighted by molar-refractivity contribution is -0.147. The number of carbonyl (C=O) groups is 2. The third kappa shape index (κ3) is 2.29. The number of aliphatic carboxylic acids is 2. The van der Waals surface area contributed by atoms with Gasteiger partial charge in [-0.25, -0.2) is 9.78 Å². The van der Waals surface area contributed by atoms with Crippen LogP contribution in [-0.2, 0) is 9.59 Å². The van der Waals surface area contributed by atoms with Gasteiger partial charge in [0, 0.05) is 12.4 Å².